The second kappa shape index (κ2) is 4.40. The van der Waals surface area contributed by atoms with Crippen LogP contribution in [0.4, 0.5) is 0 Å². The van der Waals surface area contributed by atoms with E-state index in [-0.39, 0.29) is 11.5 Å². The molecule has 1 aromatic heterocycles. The molecule has 2 aliphatic rings. The highest BCUT2D eigenvalue weighted by Gasteiger charge is 2.25. The molecule has 94 valence electrons. The lowest BCUT2D eigenvalue weighted by atomic mass is 10.0. The van der Waals surface area contributed by atoms with Gasteiger partial charge in [0.05, 0.1) is 0 Å². The summed E-state index contributed by atoms with van der Waals surface area (Å²) in [6.07, 6.45) is 4.49. The van der Waals surface area contributed by atoms with Crippen LogP contribution in [0.3, 0.4) is 0 Å². The Morgan fingerprint density at radius 1 is 1.11 bits per heavy atom. The summed E-state index contributed by atoms with van der Waals surface area (Å²) >= 11 is 0. The Labute approximate surface area is 105 Å². The zero-order valence-electron chi connectivity index (χ0n) is 10.1. The number of carbonyl (C=O) groups excluding carboxylic acids is 1. The third-order valence-electron chi connectivity index (χ3n) is 3.55. The molecule has 0 unspecified atom stereocenters. The van der Waals surface area contributed by atoms with Gasteiger partial charge in [-0.1, -0.05) is 11.1 Å². The van der Waals surface area contributed by atoms with Crippen LogP contribution in [0.25, 0.3) is 0 Å². The quantitative estimate of drug-likeness (QED) is 0.753. The monoisotopic (exact) mass is 245 g/mol. The molecular formula is C13H15N3O2. The van der Waals surface area contributed by atoms with Crippen LogP contribution >= 0.6 is 0 Å². The molecule has 5 nitrogen and oxygen atoms in total. The molecule has 1 saturated carbocycles. The van der Waals surface area contributed by atoms with Crippen molar-refractivity contribution in [1.82, 2.24) is 15.1 Å². The van der Waals surface area contributed by atoms with Crippen LogP contribution in [0.15, 0.2) is 28.1 Å². The van der Waals surface area contributed by atoms with Gasteiger partial charge in [0.1, 0.15) is 5.69 Å². The molecule has 1 amide bonds. The van der Waals surface area contributed by atoms with Crippen molar-refractivity contribution in [3.8, 4) is 0 Å². The first-order valence-electron chi connectivity index (χ1n) is 6.29. The van der Waals surface area contributed by atoms with Crippen molar-refractivity contribution in [3.63, 3.8) is 0 Å². The van der Waals surface area contributed by atoms with E-state index in [9.17, 15) is 9.59 Å². The molecule has 18 heavy (non-hydrogen) atoms. The Balaban J connectivity index is 1.69. The van der Waals surface area contributed by atoms with Crippen molar-refractivity contribution in [1.29, 1.82) is 0 Å². The number of hydrogen-bond donors (Lipinski definition) is 1. The van der Waals surface area contributed by atoms with E-state index in [1.165, 1.54) is 25.0 Å². The number of nitrogens with zero attached hydrogens (tertiary/aromatic N) is 2. The standard InChI is InChI=1S/C13H15N3O2/c17-12-4-3-11(14-15-12)13(18)16-7-5-10(6-8-16)9-1-2-9/h3-4H,1-2,5-8H2,(H,15,17). The molecule has 0 spiro atoms. The van der Waals surface area contributed by atoms with E-state index in [4.69, 9.17) is 0 Å². The molecule has 0 radical (unpaired) electrons. The van der Waals surface area contributed by atoms with E-state index >= 15 is 0 Å². The fourth-order valence-corrected chi connectivity index (χ4v) is 2.37. The average molecular weight is 245 g/mol. The number of aromatic amines is 1. The first kappa shape index (κ1) is 11.2. The van der Waals surface area contributed by atoms with Crippen molar-refractivity contribution >= 4 is 5.91 Å². The first-order valence-corrected chi connectivity index (χ1v) is 6.29. The summed E-state index contributed by atoms with van der Waals surface area (Å²) in [4.78, 5) is 24.8. The molecular weight excluding hydrogens is 230 g/mol. The largest absolute Gasteiger partial charge is 0.337 e. The van der Waals surface area contributed by atoms with Gasteiger partial charge in [0.25, 0.3) is 11.5 Å². The van der Waals surface area contributed by atoms with Crippen LogP contribution in [0.5, 0.6) is 0 Å². The van der Waals surface area contributed by atoms with Gasteiger partial charge in [-0.05, 0) is 31.7 Å². The van der Waals surface area contributed by atoms with Crippen LogP contribution < -0.4 is 5.56 Å². The summed E-state index contributed by atoms with van der Waals surface area (Å²) in [5.41, 5.74) is 3.18. The zero-order chi connectivity index (χ0) is 12.5. The number of hydrogen-bond acceptors (Lipinski definition) is 3. The zero-order valence-corrected chi connectivity index (χ0v) is 10.1. The first-order chi connectivity index (χ1) is 8.74. The number of nitrogens with one attached hydrogen (secondary N) is 1. The fraction of sp³-hybridized carbons (Fsp3) is 0.462. The van der Waals surface area contributed by atoms with Gasteiger partial charge in [-0.2, -0.15) is 5.10 Å². The van der Waals surface area contributed by atoms with E-state index in [2.05, 4.69) is 10.2 Å². The molecule has 1 aliphatic heterocycles. The normalized spacial score (nSPS) is 19.0. The van der Waals surface area contributed by atoms with Crippen molar-refractivity contribution in [2.75, 3.05) is 13.1 Å². The van der Waals surface area contributed by atoms with Gasteiger partial charge >= 0.3 is 0 Å². The summed E-state index contributed by atoms with van der Waals surface area (Å²) in [7, 11) is 0. The molecule has 0 bridgehead atoms. The Hall–Kier alpha value is -1.91. The number of rotatable bonds is 1. The Morgan fingerprint density at radius 2 is 1.78 bits per heavy atom. The maximum absolute atomic E-state index is 12.1. The highest BCUT2D eigenvalue weighted by molar-refractivity contribution is 5.92. The Bertz CT molecular complexity index is 537. The van der Waals surface area contributed by atoms with Crippen molar-refractivity contribution < 1.29 is 4.79 Å². The summed E-state index contributed by atoms with van der Waals surface area (Å²) in [5, 5.41) is 6.07. The minimum Gasteiger partial charge on any atom is -0.337 e. The molecule has 5 heteroatoms. The van der Waals surface area contributed by atoms with Crippen LogP contribution in [0.2, 0.25) is 0 Å². The number of likely N-dealkylation sites (tertiary alicyclic amines) is 1. The smallest absolute Gasteiger partial charge is 0.274 e. The highest BCUT2D eigenvalue weighted by atomic mass is 16.2. The van der Waals surface area contributed by atoms with Gasteiger partial charge in [-0.25, -0.2) is 5.10 Å². The van der Waals surface area contributed by atoms with Gasteiger partial charge in [0, 0.05) is 19.2 Å². The topological polar surface area (TPSA) is 66.1 Å². The van der Waals surface area contributed by atoms with E-state index in [0.29, 0.717) is 5.69 Å². The predicted octanol–water partition coefficient (Wildman–Crippen LogP) is 1.10. The molecule has 1 saturated heterocycles. The van der Waals surface area contributed by atoms with Gasteiger partial charge in [-0.15, -0.1) is 0 Å². The molecule has 3 rings (SSSR count). The third kappa shape index (κ3) is 2.20. The fourth-order valence-electron chi connectivity index (χ4n) is 2.37. The van der Waals surface area contributed by atoms with Gasteiger partial charge in [-0.3, -0.25) is 9.59 Å². The number of piperidine rings is 1. The summed E-state index contributed by atoms with van der Waals surface area (Å²) in [6.45, 7) is 1.52. The molecule has 0 aromatic carbocycles. The predicted molar refractivity (Wildman–Crippen MR) is 66.3 cm³/mol. The van der Waals surface area contributed by atoms with E-state index < -0.39 is 0 Å². The average Bonchev–Trinajstić information content (AvgIpc) is 3.23. The van der Waals surface area contributed by atoms with Crippen LogP contribution in [0.1, 0.15) is 36.2 Å². The molecule has 1 aliphatic carbocycles. The van der Waals surface area contributed by atoms with Crippen molar-refractivity contribution in [2.45, 2.75) is 25.7 Å². The third-order valence-corrected chi connectivity index (χ3v) is 3.55. The minimum absolute atomic E-state index is 0.0916. The second-order valence-electron chi connectivity index (χ2n) is 4.81. The number of allylic oxidation sites excluding steroid dienone is 1. The molecule has 1 aromatic rings. The van der Waals surface area contributed by atoms with E-state index in [0.717, 1.165) is 25.9 Å². The lowest BCUT2D eigenvalue weighted by Gasteiger charge is -2.28. The summed E-state index contributed by atoms with van der Waals surface area (Å²) < 4.78 is 0. The second-order valence-corrected chi connectivity index (χ2v) is 4.81. The Kier molecular flexibility index (Phi) is 2.74. The lowest BCUT2D eigenvalue weighted by Crippen LogP contribution is -2.37. The lowest BCUT2D eigenvalue weighted by molar-refractivity contribution is 0.0736. The van der Waals surface area contributed by atoms with Gasteiger partial charge in [0.15, 0.2) is 0 Å². The maximum Gasteiger partial charge on any atom is 0.274 e. The van der Waals surface area contributed by atoms with Crippen LogP contribution in [-0.4, -0.2) is 34.1 Å². The summed E-state index contributed by atoms with van der Waals surface area (Å²) in [6, 6.07) is 2.82. The van der Waals surface area contributed by atoms with Crippen molar-refractivity contribution in [3.05, 3.63) is 39.3 Å². The SMILES string of the molecule is O=C(c1ccc(=O)[nH]n1)N1CCC(=C2CC2)CC1. The molecule has 1 N–H and O–H groups in total. The van der Waals surface area contributed by atoms with E-state index in [1.54, 1.807) is 11.1 Å². The summed E-state index contributed by atoms with van der Waals surface area (Å²) in [5.74, 6) is -0.0916. The van der Waals surface area contributed by atoms with Gasteiger partial charge < -0.3 is 4.90 Å². The number of H-pyrrole nitrogens is 1. The van der Waals surface area contributed by atoms with Crippen molar-refractivity contribution in [2.24, 2.45) is 0 Å². The number of carbonyl (C=O) groups is 1. The van der Waals surface area contributed by atoms with E-state index in [1.807, 2.05) is 4.90 Å². The molecule has 2 heterocycles. The Morgan fingerprint density at radius 3 is 2.33 bits per heavy atom. The number of aromatic nitrogens is 2. The minimum atomic E-state index is -0.286. The molecule has 2 fully saturated rings. The highest BCUT2D eigenvalue weighted by Crippen LogP contribution is 2.36. The maximum atomic E-state index is 12.1. The number of amides is 1. The van der Waals surface area contributed by atoms with Gasteiger partial charge in [0.2, 0.25) is 0 Å². The molecule has 0 atom stereocenters. The van der Waals surface area contributed by atoms with Crippen LogP contribution in [0, 0.1) is 0 Å². The van der Waals surface area contributed by atoms with Crippen LogP contribution in [-0.2, 0) is 0 Å².